The predicted octanol–water partition coefficient (Wildman–Crippen LogP) is 2.95. The summed E-state index contributed by atoms with van der Waals surface area (Å²) >= 11 is 0. The Kier molecular flexibility index (Phi) is 5.30. The van der Waals surface area contributed by atoms with E-state index in [1.165, 1.54) is 0 Å². The van der Waals surface area contributed by atoms with Gasteiger partial charge in [-0.25, -0.2) is 4.79 Å². The summed E-state index contributed by atoms with van der Waals surface area (Å²) in [6.07, 6.45) is 6.64. The van der Waals surface area contributed by atoms with Gasteiger partial charge in [-0.05, 0) is 17.6 Å². The molecule has 0 saturated heterocycles. The van der Waals surface area contributed by atoms with E-state index in [1.54, 1.807) is 24.3 Å². The number of allylic oxidation sites excluding steroid dienone is 5. The number of carboxylic acids is 1. The quantitative estimate of drug-likeness (QED) is 0.537. The Bertz CT molecular complexity index is 293. The highest BCUT2D eigenvalue weighted by molar-refractivity contribution is 5.87. The summed E-state index contributed by atoms with van der Waals surface area (Å²) < 4.78 is 0. The molecule has 0 aliphatic carbocycles. The maximum Gasteiger partial charge on any atom is 0.331 e. The zero-order chi connectivity index (χ0) is 11.1. The van der Waals surface area contributed by atoms with Crippen molar-refractivity contribution >= 4 is 5.97 Å². The van der Waals surface area contributed by atoms with E-state index in [-0.39, 0.29) is 5.92 Å². The molecule has 0 unspecified atom stereocenters. The summed E-state index contributed by atoms with van der Waals surface area (Å²) in [5.41, 5.74) is 1.03. The number of carbonyl (C=O) groups is 1. The highest BCUT2D eigenvalue weighted by Gasteiger charge is 2.10. The summed E-state index contributed by atoms with van der Waals surface area (Å²) in [6, 6.07) is 0. The minimum Gasteiger partial charge on any atom is -0.478 e. The van der Waals surface area contributed by atoms with Crippen molar-refractivity contribution in [3.05, 3.63) is 48.6 Å². The molecule has 1 N–H and O–H groups in total. The lowest BCUT2D eigenvalue weighted by Crippen LogP contribution is -2.07. The fourth-order valence-corrected chi connectivity index (χ4v) is 0.915. The van der Waals surface area contributed by atoms with Crippen molar-refractivity contribution in [2.75, 3.05) is 0 Å². The van der Waals surface area contributed by atoms with Crippen LogP contribution in [0.25, 0.3) is 0 Å². The number of carboxylic acid groups (broad SMARTS) is 1. The second kappa shape index (κ2) is 5.97. The molecule has 2 heteroatoms. The Labute approximate surface area is 85.0 Å². The van der Waals surface area contributed by atoms with Gasteiger partial charge in [0.2, 0.25) is 0 Å². The van der Waals surface area contributed by atoms with Gasteiger partial charge in [-0.3, -0.25) is 0 Å². The van der Waals surface area contributed by atoms with Crippen LogP contribution in [0.4, 0.5) is 0 Å². The third kappa shape index (κ3) is 4.45. The molecule has 0 amide bonds. The van der Waals surface area contributed by atoms with Crippen molar-refractivity contribution in [2.24, 2.45) is 5.92 Å². The van der Waals surface area contributed by atoms with E-state index in [9.17, 15) is 4.79 Å². The summed E-state index contributed by atoms with van der Waals surface area (Å²) in [7, 11) is 0. The van der Waals surface area contributed by atoms with E-state index >= 15 is 0 Å². The summed E-state index contributed by atoms with van der Waals surface area (Å²) in [6.45, 7) is 10.9. The largest absolute Gasteiger partial charge is 0.478 e. The Morgan fingerprint density at radius 1 is 1.43 bits per heavy atom. The molecule has 2 nitrogen and oxygen atoms in total. The fraction of sp³-hybridized carbons (Fsp3) is 0.250. The van der Waals surface area contributed by atoms with Crippen LogP contribution in [0.3, 0.4) is 0 Å². The molecule has 0 rings (SSSR count). The maximum absolute atomic E-state index is 10.8. The molecule has 0 aromatic carbocycles. The van der Waals surface area contributed by atoms with Crippen LogP contribution in [-0.4, -0.2) is 11.1 Å². The molecule has 0 aliphatic heterocycles. The van der Waals surface area contributed by atoms with Crippen LogP contribution >= 0.6 is 0 Å². The van der Waals surface area contributed by atoms with Crippen molar-refractivity contribution in [3.63, 3.8) is 0 Å². The van der Waals surface area contributed by atoms with Crippen LogP contribution in [0.5, 0.6) is 0 Å². The Morgan fingerprint density at radius 3 is 2.36 bits per heavy atom. The van der Waals surface area contributed by atoms with Gasteiger partial charge < -0.3 is 5.11 Å². The van der Waals surface area contributed by atoms with E-state index in [1.807, 2.05) is 13.8 Å². The van der Waals surface area contributed by atoms with E-state index < -0.39 is 5.97 Å². The first-order valence-corrected chi connectivity index (χ1v) is 4.42. The Hall–Kier alpha value is -1.57. The SMILES string of the molecule is C=C/C=C\C(=C)/C=C(\C(=O)O)C(C)C. The van der Waals surface area contributed by atoms with Crippen molar-refractivity contribution in [1.29, 1.82) is 0 Å². The molecule has 0 atom stereocenters. The molecule has 0 saturated carbocycles. The average Bonchev–Trinajstić information content (AvgIpc) is 2.09. The Balaban J connectivity index is 4.74. The van der Waals surface area contributed by atoms with Gasteiger partial charge in [-0.15, -0.1) is 0 Å². The summed E-state index contributed by atoms with van der Waals surface area (Å²) in [4.78, 5) is 10.8. The molecule has 14 heavy (non-hydrogen) atoms. The predicted molar refractivity (Wildman–Crippen MR) is 59.0 cm³/mol. The Morgan fingerprint density at radius 2 is 2.00 bits per heavy atom. The van der Waals surface area contributed by atoms with Crippen molar-refractivity contribution in [3.8, 4) is 0 Å². The zero-order valence-electron chi connectivity index (χ0n) is 8.66. The fourth-order valence-electron chi connectivity index (χ4n) is 0.915. The zero-order valence-corrected chi connectivity index (χ0v) is 8.66. The lowest BCUT2D eigenvalue weighted by atomic mass is 10.0. The summed E-state index contributed by atoms with van der Waals surface area (Å²) in [5, 5.41) is 8.86. The molecule has 0 aromatic heterocycles. The molecular weight excluding hydrogens is 176 g/mol. The minimum absolute atomic E-state index is 0.0126. The van der Waals surface area contributed by atoms with E-state index in [0.29, 0.717) is 11.1 Å². The number of hydrogen-bond acceptors (Lipinski definition) is 1. The number of rotatable bonds is 5. The van der Waals surface area contributed by atoms with E-state index in [0.717, 1.165) is 0 Å². The second-order valence-electron chi connectivity index (χ2n) is 3.23. The second-order valence-corrected chi connectivity index (χ2v) is 3.23. The first-order valence-electron chi connectivity index (χ1n) is 4.42. The van der Waals surface area contributed by atoms with Crippen molar-refractivity contribution < 1.29 is 9.90 Å². The number of aliphatic carboxylic acids is 1. The van der Waals surface area contributed by atoms with Crippen LogP contribution in [0, 0.1) is 5.92 Å². The first kappa shape index (κ1) is 12.4. The molecule has 0 aromatic rings. The molecule has 0 aliphatic rings. The smallest absolute Gasteiger partial charge is 0.331 e. The average molecular weight is 192 g/mol. The van der Waals surface area contributed by atoms with E-state index in [4.69, 9.17) is 5.11 Å². The lowest BCUT2D eigenvalue weighted by molar-refractivity contribution is -0.133. The van der Waals surface area contributed by atoms with Gasteiger partial charge in [0.15, 0.2) is 0 Å². The van der Waals surface area contributed by atoms with Gasteiger partial charge in [-0.1, -0.05) is 45.2 Å². The molecule has 76 valence electrons. The maximum atomic E-state index is 10.8. The van der Waals surface area contributed by atoms with Crippen LogP contribution in [0.15, 0.2) is 48.6 Å². The number of hydrogen-bond donors (Lipinski definition) is 1. The molecule has 0 spiro atoms. The van der Waals surface area contributed by atoms with Gasteiger partial charge in [0.05, 0.1) is 0 Å². The van der Waals surface area contributed by atoms with Crippen LogP contribution in [0.1, 0.15) is 13.8 Å². The standard InChI is InChI=1S/C12H16O2/c1-5-6-7-10(4)8-11(9(2)3)12(13)14/h5-9H,1,4H2,2-3H3,(H,13,14)/b7-6-,11-8-. The lowest BCUT2D eigenvalue weighted by Gasteiger charge is -2.05. The van der Waals surface area contributed by atoms with Gasteiger partial charge in [0.1, 0.15) is 0 Å². The highest BCUT2D eigenvalue weighted by atomic mass is 16.4. The summed E-state index contributed by atoms with van der Waals surface area (Å²) in [5.74, 6) is -0.908. The molecule has 0 heterocycles. The van der Waals surface area contributed by atoms with E-state index in [2.05, 4.69) is 13.2 Å². The molecular formula is C12H16O2. The van der Waals surface area contributed by atoms with Gasteiger partial charge >= 0.3 is 5.97 Å². The van der Waals surface area contributed by atoms with Crippen LogP contribution in [0.2, 0.25) is 0 Å². The van der Waals surface area contributed by atoms with Crippen LogP contribution in [-0.2, 0) is 4.79 Å². The first-order chi connectivity index (χ1) is 6.49. The van der Waals surface area contributed by atoms with Crippen molar-refractivity contribution in [2.45, 2.75) is 13.8 Å². The highest BCUT2D eigenvalue weighted by Crippen LogP contribution is 2.12. The third-order valence-corrected chi connectivity index (χ3v) is 1.66. The third-order valence-electron chi connectivity index (χ3n) is 1.66. The topological polar surface area (TPSA) is 37.3 Å². The minimum atomic E-state index is -0.895. The van der Waals surface area contributed by atoms with Crippen molar-refractivity contribution in [1.82, 2.24) is 0 Å². The van der Waals surface area contributed by atoms with Crippen LogP contribution < -0.4 is 0 Å². The normalized spacial score (nSPS) is 12.1. The van der Waals surface area contributed by atoms with Gasteiger partial charge in [0.25, 0.3) is 0 Å². The molecule has 0 radical (unpaired) electrons. The molecule has 0 bridgehead atoms. The van der Waals surface area contributed by atoms with Gasteiger partial charge in [0, 0.05) is 5.57 Å². The molecule has 0 fully saturated rings. The van der Waals surface area contributed by atoms with Gasteiger partial charge in [-0.2, -0.15) is 0 Å². The monoisotopic (exact) mass is 192 g/mol.